The van der Waals surface area contributed by atoms with E-state index in [-0.39, 0.29) is 11.7 Å². The predicted molar refractivity (Wildman–Crippen MR) is 70.9 cm³/mol. The van der Waals surface area contributed by atoms with Gasteiger partial charge >= 0.3 is 0 Å². The zero-order valence-corrected chi connectivity index (χ0v) is 11.0. The summed E-state index contributed by atoms with van der Waals surface area (Å²) >= 11 is 0. The molecule has 1 aromatic carbocycles. The van der Waals surface area contributed by atoms with Crippen molar-refractivity contribution in [2.75, 3.05) is 11.4 Å². The van der Waals surface area contributed by atoms with Gasteiger partial charge in [-0.05, 0) is 44.0 Å². The molecular formula is C15H17FN2O. The van der Waals surface area contributed by atoms with Gasteiger partial charge in [0.2, 0.25) is 5.91 Å². The number of hydrogen-bond donors (Lipinski definition) is 0. The molecular weight excluding hydrogens is 243 g/mol. The highest BCUT2D eigenvalue weighted by Gasteiger charge is 2.44. The molecule has 1 aliphatic rings. The first-order chi connectivity index (χ1) is 9.13. The van der Waals surface area contributed by atoms with Crippen molar-refractivity contribution in [3.8, 4) is 6.07 Å². The van der Waals surface area contributed by atoms with Crippen molar-refractivity contribution in [1.82, 2.24) is 0 Å². The van der Waals surface area contributed by atoms with E-state index < -0.39 is 5.41 Å². The van der Waals surface area contributed by atoms with Crippen LogP contribution in [0.15, 0.2) is 24.3 Å². The lowest BCUT2D eigenvalue weighted by molar-refractivity contribution is -0.125. The Morgan fingerprint density at radius 3 is 2.42 bits per heavy atom. The lowest BCUT2D eigenvalue weighted by Crippen LogP contribution is -2.42. The Kier molecular flexibility index (Phi) is 3.84. The third-order valence-corrected chi connectivity index (χ3v) is 3.78. The Balaban J connectivity index is 2.29. The topological polar surface area (TPSA) is 44.1 Å². The van der Waals surface area contributed by atoms with Gasteiger partial charge < -0.3 is 4.90 Å². The van der Waals surface area contributed by atoms with Crippen LogP contribution in [0.2, 0.25) is 0 Å². The summed E-state index contributed by atoms with van der Waals surface area (Å²) in [5.41, 5.74) is -0.236. The molecule has 1 saturated carbocycles. The smallest absolute Gasteiger partial charge is 0.247 e. The second kappa shape index (κ2) is 5.40. The molecule has 1 amide bonds. The van der Waals surface area contributed by atoms with Gasteiger partial charge in [-0.1, -0.05) is 12.8 Å². The quantitative estimate of drug-likeness (QED) is 0.837. The first kappa shape index (κ1) is 13.5. The number of nitrogens with zero attached hydrogens (tertiary/aromatic N) is 2. The summed E-state index contributed by atoms with van der Waals surface area (Å²) in [4.78, 5) is 14.2. The van der Waals surface area contributed by atoms with Gasteiger partial charge in [-0.2, -0.15) is 5.26 Å². The van der Waals surface area contributed by atoms with E-state index in [9.17, 15) is 14.4 Å². The molecule has 3 nitrogen and oxygen atoms in total. The second-order valence-electron chi connectivity index (χ2n) is 4.93. The number of anilines is 1. The van der Waals surface area contributed by atoms with Gasteiger partial charge in [0, 0.05) is 12.2 Å². The third kappa shape index (κ3) is 2.46. The fraction of sp³-hybridized carbons (Fsp3) is 0.467. The average molecular weight is 260 g/mol. The molecule has 0 spiro atoms. The van der Waals surface area contributed by atoms with Crippen LogP contribution in [0.1, 0.15) is 32.6 Å². The van der Waals surface area contributed by atoms with Crippen LogP contribution in [0.3, 0.4) is 0 Å². The first-order valence-electron chi connectivity index (χ1n) is 6.62. The predicted octanol–water partition coefficient (Wildman–Crippen LogP) is 3.26. The van der Waals surface area contributed by atoms with E-state index in [0.717, 1.165) is 12.8 Å². The molecule has 2 rings (SSSR count). The largest absolute Gasteiger partial charge is 0.311 e. The zero-order chi connectivity index (χ0) is 13.9. The van der Waals surface area contributed by atoms with Gasteiger partial charge in [0.1, 0.15) is 11.2 Å². The van der Waals surface area contributed by atoms with Crippen LogP contribution < -0.4 is 4.90 Å². The maximum Gasteiger partial charge on any atom is 0.247 e. The summed E-state index contributed by atoms with van der Waals surface area (Å²) in [6.45, 7) is 2.34. The maximum atomic E-state index is 12.9. The van der Waals surface area contributed by atoms with Crippen LogP contribution in [-0.4, -0.2) is 12.5 Å². The second-order valence-corrected chi connectivity index (χ2v) is 4.93. The van der Waals surface area contributed by atoms with Crippen molar-refractivity contribution in [2.24, 2.45) is 5.41 Å². The number of carbonyl (C=O) groups is 1. The number of halogens is 1. The van der Waals surface area contributed by atoms with Crippen LogP contribution in [0.25, 0.3) is 0 Å². The van der Waals surface area contributed by atoms with E-state index in [1.807, 2.05) is 6.92 Å². The highest BCUT2D eigenvalue weighted by molar-refractivity contribution is 5.99. The molecule has 100 valence electrons. The van der Waals surface area contributed by atoms with Crippen molar-refractivity contribution in [1.29, 1.82) is 5.26 Å². The SMILES string of the molecule is CCN(C(=O)C1(C#N)CCCC1)c1ccc(F)cc1. The number of benzene rings is 1. The molecule has 0 atom stereocenters. The molecule has 1 aromatic rings. The lowest BCUT2D eigenvalue weighted by Gasteiger charge is -2.29. The molecule has 1 fully saturated rings. The van der Waals surface area contributed by atoms with Crippen LogP contribution in [-0.2, 0) is 4.79 Å². The normalized spacial score (nSPS) is 16.9. The van der Waals surface area contributed by atoms with Gasteiger partial charge in [0.05, 0.1) is 6.07 Å². The minimum atomic E-state index is -0.885. The molecule has 19 heavy (non-hydrogen) atoms. The van der Waals surface area contributed by atoms with E-state index in [1.54, 1.807) is 17.0 Å². The van der Waals surface area contributed by atoms with E-state index in [0.29, 0.717) is 25.1 Å². The number of amides is 1. The minimum absolute atomic E-state index is 0.151. The summed E-state index contributed by atoms with van der Waals surface area (Å²) in [5, 5.41) is 9.36. The summed E-state index contributed by atoms with van der Waals surface area (Å²) in [6.07, 6.45) is 3.08. The molecule has 0 heterocycles. The Hall–Kier alpha value is -1.89. The molecule has 0 N–H and O–H groups in total. The van der Waals surface area contributed by atoms with Gasteiger partial charge in [0.25, 0.3) is 0 Å². The van der Waals surface area contributed by atoms with E-state index in [2.05, 4.69) is 6.07 Å². The van der Waals surface area contributed by atoms with Crippen LogP contribution in [0.4, 0.5) is 10.1 Å². The monoisotopic (exact) mass is 260 g/mol. The summed E-state index contributed by atoms with van der Waals surface area (Å²) in [6, 6.07) is 8.03. The molecule has 0 radical (unpaired) electrons. The highest BCUT2D eigenvalue weighted by Crippen LogP contribution is 2.40. The van der Waals surface area contributed by atoms with E-state index >= 15 is 0 Å². The molecule has 0 aromatic heterocycles. The zero-order valence-electron chi connectivity index (χ0n) is 11.0. The fourth-order valence-corrected chi connectivity index (χ4v) is 2.67. The minimum Gasteiger partial charge on any atom is -0.311 e. The fourth-order valence-electron chi connectivity index (χ4n) is 2.67. The lowest BCUT2D eigenvalue weighted by atomic mass is 9.86. The number of hydrogen-bond acceptors (Lipinski definition) is 2. The average Bonchev–Trinajstić information content (AvgIpc) is 2.91. The molecule has 4 heteroatoms. The molecule has 1 aliphatic carbocycles. The van der Waals surface area contributed by atoms with Crippen LogP contribution in [0.5, 0.6) is 0 Å². The molecule has 0 saturated heterocycles. The van der Waals surface area contributed by atoms with Gasteiger partial charge in [-0.3, -0.25) is 4.79 Å². The Labute approximate surface area is 112 Å². The van der Waals surface area contributed by atoms with E-state index in [1.165, 1.54) is 12.1 Å². The number of rotatable bonds is 3. The van der Waals surface area contributed by atoms with Crippen LogP contribution >= 0.6 is 0 Å². The highest BCUT2D eigenvalue weighted by atomic mass is 19.1. The third-order valence-electron chi connectivity index (χ3n) is 3.78. The van der Waals surface area contributed by atoms with Gasteiger partial charge in [-0.25, -0.2) is 4.39 Å². The van der Waals surface area contributed by atoms with Crippen molar-refractivity contribution >= 4 is 11.6 Å². The summed E-state index contributed by atoms with van der Waals surface area (Å²) in [5.74, 6) is -0.482. The van der Waals surface area contributed by atoms with Gasteiger partial charge in [-0.15, -0.1) is 0 Å². The Morgan fingerprint density at radius 2 is 1.95 bits per heavy atom. The van der Waals surface area contributed by atoms with Crippen molar-refractivity contribution in [3.63, 3.8) is 0 Å². The first-order valence-corrected chi connectivity index (χ1v) is 6.62. The van der Waals surface area contributed by atoms with Gasteiger partial charge in [0.15, 0.2) is 0 Å². The Morgan fingerprint density at radius 1 is 1.37 bits per heavy atom. The molecule has 0 unspecified atom stereocenters. The Bertz CT molecular complexity index is 498. The standard InChI is InChI=1S/C15H17FN2O/c1-2-18(13-7-5-12(16)6-8-13)14(19)15(11-17)9-3-4-10-15/h5-8H,2-4,9-10H2,1H3. The molecule has 0 bridgehead atoms. The van der Waals surface area contributed by atoms with Crippen LogP contribution in [0, 0.1) is 22.6 Å². The number of nitriles is 1. The van der Waals surface area contributed by atoms with Crippen molar-refractivity contribution < 1.29 is 9.18 Å². The number of carbonyl (C=O) groups excluding carboxylic acids is 1. The summed E-state index contributed by atoms with van der Waals surface area (Å²) in [7, 11) is 0. The van der Waals surface area contributed by atoms with Crippen molar-refractivity contribution in [2.45, 2.75) is 32.6 Å². The van der Waals surface area contributed by atoms with E-state index in [4.69, 9.17) is 0 Å². The molecule has 0 aliphatic heterocycles. The maximum absolute atomic E-state index is 12.9. The summed E-state index contributed by atoms with van der Waals surface area (Å²) < 4.78 is 12.9. The van der Waals surface area contributed by atoms with Crippen molar-refractivity contribution in [3.05, 3.63) is 30.1 Å².